The van der Waals surface area contributed by atoms with Crippen LogP contribution in [-0.2, 0) is 13.1 Å². The standard InChI is InChI=1S/C25H28N6/c1-18-13-24(23-10-11-26-17-27-23)28-25(29(18)3)30-12-6-9-20(14-30)19(2)31-15-21-7-4-5-8-22(21)16-31/h4-5,7-8,10-11,13,17,20H,1-2,6,9,12,14-16H2,3H3. The summed E-state index contributed by atoms with van der Waals surface area (Å²) in [4.78, 5) is 20.2. The highest BCUT2D eigenvalue weighted by atomic mass is 15.4. The maximum atomic E-state index is 4.97. The number of guanidine groups is 1. The Morgan fingerprint density at radius 1 is 1.13 bits per heavy atom. The Bertz CT molecular complexity index is 1050. The summed E-state index contributed by atoms with van der Waals surface area (Å²) in [7, 11) is 2.03. The molecular weight excluding hydrogens is 384 g/mol. The topological polar surface area (TPSA) is 47.9 Å². The van der Waals surface area contributed by atoms with E-state index in [4.69, 9.17) is 4.99 Å². The SMILES string of the molecule is C=C(C1CCCN(C2=NC(c3ccncn3)=CC(=C)N2C)C1)N1Cc2ccccc2C1. The fourth-order valence-electron chi connectivity index (χ4n) is 4.68. The van der Waals surface area contributed by atoms with E-state index in [0.717, 1.165) is 62.1 Å². The summed E-state index contributed by atoms with van der Waals surface area (Å²) in [5, 5.41) is 0. The average molecular weight is 413 g/mol. The summed E-state index contributed by atoms with van der Waals surface area (Å²) < 4.78 is 0. The van der Waals surface area contributed by atoms with Crippen LogP contribution in [0.25, 0.3) is 5.70 Å². The molecule has 2 aromatic rings. The number of allylic oxidation sites excluding steroid dienone is 1. The van der Waals surface area contributed by atoms with Crippen molar-refractivity contribution < 1.29 is 0 Å². The van der Waals surface area contributed by atoms with Crippen LogP contribution in [-0.4, -0.2) is 50.8 Å². The molecule has 0 radical (unpaired) electrons. The van der Waals surface area contributed by atoms with Crippen molar-refractivity contribution in [2.24, 2.45) is 10.9 Å². The third-order valence-corrected chi connectivity index (χ3v) is 6.52. The highest BCUT2D eigenvalue weighted by Crippen LogP contribution is 2.33. The molecule has 0 N–H and O–H groups in total. The van der Waals surface area contributed by atoms with Crippen LogP contribution in [0.3, 0.4) is 0 Å². The van der Waals surface area contributed by atoms with Gasteiger partial charge >= 0.3 is 0 Å². The molecule has 1 fully saturated rings. The maximum Gasteiger partial charge on any atom is 0.206 e. The molecule has 5 rings (SSSR count). The number of rotatable bonds is 3. The third-order valence-electron chi connectivity index (χ3n) is 6.52. The van der Waals surface area contributed by atoms with Gasteiger partial charge in [0, 0.05) is 56.7 Å². The third kappa shape index (κ3) is 3.74. The molecule has 1 saturated heterocycles. The summed E-state index contributed by atoms with van der Waals surface area (Å²) in [6.07, 6.45) is 7.56. The molecule has 4 heterocycles. The molecule has 0 saturated carbocycles. The van der Waals surface area contributed by atoms with E-state index in [1.165, 1.54) is 16.8 Å². The van der Waals surface area contributed by atoms with E-state index in [0.29, 0.717) is 5.92 Å². The molecule has 1 atom stereocenters. The molecule has 0 bridgehead atoms. The number of benzene rings is 1. The summed E-state index contributed by atoms with van der Waals surface area (Å²) >= 11 is 0. The van der Waals surface area contributed by atoms with Crippen LogP contribution < -0.4 is 0 Å². The van der Waals surface area contributed by atoms with Gasteiger partial charge in [0.1, 0.15) is 6.33 Å². The first-order chi connectivity index (χ1) is 15.1. The Kier molecular flexibility index (Phi) is 5.06. The highest BCUT2D eigenvalue weighted by molar-refractivity contribution is 5.90. The number of fused-ring (bicyclic) bond motifs is 1. The first-order valence-electron chi connectivity index (χ1n) is 10.8. The van der Waals surface area contributed by atoms with E-state index in [1.807, 2.05) is 19.2 Å². The lowest BCUT2D eigenvalue weighted by molar-refractivity contribution is 0.218. The Morgan fingerprint density at radius 2 is 1.90 bits per heavy atom. The molecular formula is C25H28N6. The number of aliphatic imine (C=N–C) groups is 1. The van der Waals surface area contributed by atoms with Gasteiger partial charge in [-0.1, -0.05) is 37.4 Å². The number of piperidine rings is 1. The zero-order valence-electron chi connectivity index (χ0n) is 18.0. The predicted molar refractivity (Wildman–Crippen MR) is 123 cm³/mol. The lowest BCUT2D eigenvalue weighted by Crippen LogP contribution is -2.48. The van der Waals surface area contributed by atoms with E-state index in [2.05, 4.69) is 62.1 Å². The molecule has 1 unspecified atom stereocenters. The average Bonchev–Trinajstić information content (AvgIpc) is 3.25. The predicted octanol–water partition coefficient (Wildman–Crippen LogP) is 3.87. The van der Waals surface area contributed by atoms with Crippen LogP contribution in [0, 0.1) is 5.92 Å². The number of likely N-dealkylation sites (N-methyl/N-ethyl adjacent to an activating group) is 1. The van der Waals surface area contributed by atoms with Crippen LogP contribution in [0.5, 0.6) is 0 Å². The highest BCUT2D eigenvalue weighted by Gasteiger charge is 2.31. The van der Waals surface area contributed by atoms with Gasteiger partial charge in [-0.05, 0) is 36.1 Å². The van der Waals surface area contributed by atoms with E-state index >= 15 is 0 Å². The van der Waals surface area contributed by atoms with Crippen molar-refractivity contribution in [3.8, 4) is 0 Å². The minimum atomic E-state index is 0.417. The normalized spacial score (nSPS) is 21.0. The van der Waals surface area contributed by atoms with Crippen molar-refractivity contribution in [2.45, 2.75) is 25.9 Å². The molecule has 0 amide bonds. The van der Waals surface area contributed by atoms with Gasteiger partial charge in [-0.25, -0.2) is 15.0 Å². The van der Waals surface area contributed by atoms with Gasteiger partial charge in [0.05, 0.1) is 11.4 Å². The van der Waals surface area contributed by atoms with Crippen molar-refractivity contribution in [3.63, 3.8) is 0 Å². The van der Waals surface area contributed by atoms with Gasteiger partial charge in [-0.3, -0.25) is 0 Å². The Hall–Kier alpha value is -3.41. The van der Waals surface area contributed by atoms with Crippen LogP contribution in [0.4, 0.5) is 0 Å². The largest absolute Gasteiger partial charge is 0.366 e. The lowest BCUT2D eigenvalue weighted by Gasteiger charge is -2.41. The minimum Gasteiger partial charge on any atom is -0.366 e. The summed E-state index contributed by atoms with van der Waals surface area (Å²) in [5.74, 6) is 1.35. The molecule has 3 aliphatic rings. The van der Waals surface area contributed by atoms with Crippen LogP contribution in [0.15, 0.2) is 78.5 Å². The van der Waals surface area contributed by atoms with Gasteiger partial charge in [0.2, 0.25) is 5.96 Å². The van der Waals surface area contributed by atoms with Gasteiger partial charge in [0.25, 0.3) is 0 Å². The monoisotopic (exact) mass is 412 g/mol. The summed E-state index contributed by atoms with van der Waals surface area (Å²) in [5.41, 5.74) is 6.64. The summed E-state index contributed by atoms with van der Waals surface area (Å²) in [6, 6.07) is 10.6. The van der Waals surface area contributed by atoms with Crippen molar-refractivity contribution >= 4 is 11.7 Å². The second kappa shape index (κ2) is 8.02. The van der Waals surface area contributed by atoms with E-state index in [9.17, 15) is 0 Å². The Balaban J connectivity index is 1.34. The molecule has 158 valence electrons. The maximum absolute atomic E-state index is 4.97. The van der Waals surface area contributed by atoms with Crippen LogP contribution in [0.1, 0.15) is 29.7 Å². The number of nitrogens with zero attached hydrogens (tertiary/aromatic N) is 6. The van der Waals surface area contributed by atoms with Gasteiger partial charge in [-0.15, -0.1) is 0 Å². The molecule has 3 aliphatic heterocycles. The first-order valence-corrected chi connectivity index (χ1v) is 10.8. The minimum absolute atomic E-state index is 0.417. The van der Waals surface area contributed by atoms with Gasteiger partial charge in [-0.2, -0.15) is 0 Å². The van der Waals surface area contributed by atoms with Crippen LogP contribution in [0.2, 0.25) is 0 Å². The number of likely N-dealkylation sites (tertiary alicyclic amines) is 1. The number of aromatic nitrogens is 2. The lowest BCUT2D eigenvalue weighted by atomic mass is 9.94. The molecule has 6 nitrogen and oxygen atoms in total. The fraction of sp³-hybridized carbons (Fsp3) is 0.320. The van der Waals surface area contributed by atoms with E-state index in [-0.39, 0.29) is 0 Å². The number of hydrogen-bond donors (Lipinski definition) is 0. The second-order valence-electron chi connectivity index (χ2n) is 8.49. The molecule has 0 aliphatic carbocycles. The van der Waals surface area contributed by atoms with Crippen molar-refractivity contribution in [1.29, 1.82) is 0 Å². The summed E-state index contributed by atoms with van der Waals surface area (Å²) in [6.45, 7) is 12.6. The fourth-order valence-corrected chi connectivity index (χ4v) is 4.68. The quantitative estimate of drug-likeness (QED) is 0.766. The van der Waals surface area contributed by atoms with Crippen molar-refractivity contribution in [3.05, 3.63) is 90.3 Å². The van der Waals surface area contributed by atoms with Crippen molar-refractivity contribution in [1.82, 2.24) is 24.7 Å². The van der Waals surface area contributed by atoms with Crippen LogP contribution >= 0.6 is 0 Å². The molecule has 31 heavy (non-hydrogen) atoms. The number of hydrogen-bond acceptors (Lipinski definition) is 6. The van der Waals surface area contributed by atoms with Gasteiger partial charge < -0.3 is 14.7 Å². The zero-order valence-corrected chi connectivity index (χ0v) is 18.0. The molecule has 0 spiro atoms. The first kappa shape index (κ1) is 19.5. The zero-order chi connectivity index (χ0) is 21.4. The molecule has 6 heteroatoms. The van der Waals surface area contributed by atoms with Crippen molar-refractivity contribution in [2.75, 3.05) is 20.1 Å². The molecule has 1 aromatic heterocycles. The van der Waals surface area contributed by atoms with E-state index in [1.54, 1.807) is 12.5 Å². The van der Waals surface area contributed by atoms with E-state index < -0.39 is 0 Å². The molecule has 1 aromatic carbocycles. The van der Waals surface area contributed by atoms with Gasteiger partial charge in [0.15, 0.2) is 0 Å². The Labute approximate surface area is 183 Å². The Morgan fingerprint density at radius 3 is 2.61 bits per heavy atom. The smallest absolute Gasteiger partial charge is 0.206 e. The second-order valence-corrected chi connectivity index (χ2v) is 8.49.